The molecule has 2 saturated heterocycles. The topological polar surface area (TPSA) is 64.6 Å². The van der Waals surface area contributed by atoms with Crippen LogP contribution >= 0.6 is 0 Å². The third kappa shape index (κ3) is 5.25. The van der Waals surface area contributed by atoms with Crippen molar-refractivity contribution < 1.29 is 18.0 Å². The Hall–Kier alpha value is -2.88. The van der Waals surface area contributed by atoms with Crippen molar-refractivity contribution in [3.8, 4) is 0 Å². The number of piperazine rings is 1. The number of benzene rings is 1. The summed E-state index contributed by atoms with van der Waals surface area (Å²) in [5.41, 5.74) is 0.102. The SMILES string of the molecule is O=C(CN1CCN(c2ncccn2)CC1)Nc1cc(C(F)(F)F)ccc1N1CCCC1. The van der Waals surface area contributed by atoms with Gasteiger partial charge in [-0.1, -0.05) is 0 Å². The van der Waals surface area contributed by atoms with Crippen LogP contribution in [0.5, 0.6) is 0 Å². The van der Waals surface area contributed by atoms with Crippen LogP contribution in [0.1, 0.15) is 18.4 Å². The van der Waals surface area contributed by atoms with Gasteiger partial charge in [0.25, 0.3) is 0 Å². The van der Waals surface area contributed by atoms with Gasteiger partial charge in [-0.05, 0) is 37.1 Å². The number of amides is 1. The van der Waals surface area contributed by atoms with Gasteiger partial charge in [-0.25, -0.2) is 9.97 Å². The first kappa shape index (κ1) is 21.4. The van der Waals surface area contributed by atoms with Crippen LogP contribution < -0.4 is 15.1 Å². The van der Waals surface area contributed by atoms with Crippen LogP contribution in [0.2, 0.25) is 0 Å². The summed E-state index contributed by atoms with van der Waals surface area (Å²) in [7, 11) is 0. The van der Waals surface area contributed by atoms with Gasteiger partial charge in [0.15, 0.2) is 0 Å². The van der Waals surface area contributed by atoms with E-state index >= 15 is 0 Å². The summed E-state index contributed by atoms with van der Waals surface area (Å²) in [5, 5.41) is 2.73. The minimum Gasteiger partial charge on any atom is -0.370 e. The molecule has 0 bridgehead atoms. The van der Waals surface area contributed by atoms with E-state index in [1.165, 1.54) is 6.07 Å². The van der Waals surface area contributed by atoms with Gasteiger partial charge in [-0.3, -0.25) is 9.69 Å². The quantitative estimate of drug-likeness (QED) is 0.781. The molecule has 0 spiro atoms. The van der Waals surface area contributed by atoms with E-state index in [1.54, 1.807) is 18.5 Å². The lowest BCUT2D eigenvalue weighted by Gasteiger charge is -2.34. The fourth-order valence-electron chi connectivity index (χ4n) is 4.00. The standard InChI is InChI=1S/C21H25F3N6O/c22-21(23,24)16-4-5-18(29-8-1-2-9-29)17(14-16)27-19(31)15-28-10-12-30(13-11-28)20-25-6-3-7-26-20/h3-7,14H,1-2,8-13,15H2,(H,27,31). The zero-order valence-corrected chi connectivity index (χ0v) is 17.1. The first-order valence-electron chi connectivity index (χ1n) is 10.4. The van der Waals surface area contributed by atoms with Crippen molar-refractivity contribution >= 4 is 23.2 Å². The Bertz CT molecular complexity index is 894. The van der Waals surface area contributed by atoms with Crippen LogP contribution in [0.4, 0.5) is 30.5 Å². The van der Waals surface area contributed by atoms with Gasteiger partial charge in [0.1, 0.15) is 0 Å². The van der Waals surface area contributed by atoms with Crippen molar-refractivity contribution in [2.75, 3.05) is 60.9 Å². The van der Waals surface area contributed by atoms with Crippen molar-refractivity contribution in [2.45, 2.75) is 19.0 Å². The van der Waals surface area contributed by atoms with Crippen LogP contribution in [0.15, 0.2) is 36.7 Å². The molecule has 7 nitrogen and oxygen atoms in total. The molecule has 0 radical (unpaired) electrons. The zero-order chi connectivity index (χ0) is 21.8. The highest BCUT2D eigenvalue weighted by molar-refractivity contribution is 5.96. The van der Waals surface area contributed by atoms with Crippen LogP contribution in [-0.4, -0.2) is 66.6 Å². The summed E-state index contributed by atoms with van der Waals surface area (Å²) in [6, 6.07) is 5.33. The summed E-state index contributed by atoms with van der Waals surface area (Å²) in [6.45, 7) is 4.33. The zero-order valence-electron chi connectivity index (χ0n) is 17.1. The molecule has 1 aromatic carbocycles. The summed E-state index contributed by atoms with van der Waals surface area (Å²) in [5.74, 6) is 0.343. The van der Waals surface area contributed by atoms with Crippen molar-refractivity contribution in [1.29, 1.82) is 0 Å². The van der Waals surface area contributed by atoms with Gasteiger partial charge in [-0.15, -0.1) is 0 Å². The maximum absolute atomic E-state index is 13.2. The monoisotopic (exact) mass is 434 g/mol. The highest BCUT2D eigenvalue weighted by atomic mass is 19.4. The van der Waals surface area contributed by atoms with Crippen molar-refractivity contribution in [3.05, 3.63) is 42.2 Å². The third-order valence-electron chi connectivity index (χ3n) is 5.62. The first-order valence-corrected chi connectivity index (χ1v) is 10.4. The largest absolute Gasteiger partial charge is 0.416 e. The molecule has 1 aromatic heterocycles. The number of anilines is 3. The molecule has 0 aliphatic carbocycles. The molecule has 0 saturated carbocycles. The number of aromatic nitrogens is 2. The lowest BCUT2D eigenvalue weighted by Crippen LogP contribution is -2.49. The predicted molar refractivity (Wildman–Crippen MR) is 112 cm³/mol. The summed E-state index contributed by atoms with van der Waals surface area (Å²) >= 11 is 0. The molecule has 2 aliphatic heterocycles. The second-order valence-corrected chi connectivity index (χ2v) is 7.78. The molecule has 1 amide bonds. The Morgan fingerprint density at radius 1 is 0.968 bits per heavy atom. The first-order chi connectivity index (χ1) is 14.9. The average Bonchev–Trinajstić information content (AvgIpc) is 3.29. The average molecular weight is 434 g/mol. The normalized spacial score (nSPS) is 17.8. The number of alkyl halides is 3. The van der Waals surface area contributed by atoms with E-state index < -0.39 is 11.7 Å². The van der Waals surface area contributed by atoms with E-state index in [9.17, 15) is 18.0 Å². The highest BCUT2D eigenvalue weighted by Crippen LogP contribution is 2.36. The molecular formula is C21H25F3N6O. The predicted octanol–water partition coefficient (Wildman–Crippen LogP) is 2.86. The Morgan fingerprint density at radius 2 is 1.65 bits per heavy atom. The molecule has 2 fully saturated rings. The lowest BCUT2D eigenvalue weighted by atomic mass is 10.1. The molecule has 2 aliphatic rings. The van der Waals surface area contributed by atoms with Gasteiger partial charge in [0.2, 0.25) is 11.9 Å². The van der Waals surface area contributed by atoms with Gasteiger partial charge < -0.3 is 15.1 Å². The van der Waals surface area contributed by atoms with Crippen LogP contribution in [-0.2, 0) is 11.0 Å². The number of halogens is 3. The van der Waals surface area contributed by atoms with E-state index in [1.807, 2.05) is 14.7 Å². The highest BCUT2D eigenvalue weighted by Gasteiger charge is 2.32. The van der Waals surface area contributed by atoms with E-state index in [-0.39, 0.29) is 18.1 Å². The van der Waals surface area contributed by atoms with Crippen molar-refractivity contribution in [1.82, 2.24) is 14.9 Å². The fourth-order valence-corrected chi connectivity index (χ4v) is 4.00. The molecule has 10 heteroatoms. The number of hydrogen-bond donors (Lipinski definition) is 1. The van der Waals surface area contributed by atoms with E-state index in [4.69, 9.17) is 0 Å². The molecule has 3 heterocycles. The molecule has 31 heavy (non-hydrogen) atoms. The molecule has 4 rings (SSSR count). The van der Waals surface area contributed by atoms with Gasteiger partial charge in [-0.2, -0.15) is 13.2 Å². The van der Waals surface area contributed by atoms with E-state index in [0.29, 0.717) is 37.8 Å². The lowest BCUT2D eigenvalue weighted by molar-refractivity contribution is -0.137. The van der Waals surface area contributed by atoms with E-state index in [2.05, 4.69) is 15.3 Å². The Kier molecular flexibility index (Phi) is 6.26. The molecule has 0 unspecified atom stereocenters. The second-order valence-electron chi connectivity index (χ2n) is 7.78. The van der Waals surface area contributed by atoms with Crippen LogP contribution in [0.3, 0.4) is 0 Å². The van der Waals surface area contributed by atoms with Crippen LogP contribution in [0, 0.1) is 0 Å². The van der Waals surface area contributed by atoms with Gasteiger partial charge in [0.05, 0.1) is 23.5 Å². The molecule has 0 atom stereocenters. The fraction of sp³-hybridized carbons (Fsp3) is 0.476. The number of nitrogens with zero attached hydrogens (tertiary/aromatic N) is 5. The second kappa shape index (κ2) is 9.09. The summed E-state index contributed by atoms with van der Waals surface area (Å²) < 4.78 is 39.6. The minimum atomic E-state index is -4.46. The number of carbonyl (C=O) groups excluding carboxylic acids is 1. The van der Waals surface area contributed by atoms with Crippen molar-refractivity contribution in [3.63, 3.8) is 0 Å². The van der Waals surface area contributed by atoms with Crippen LogP contribution in [0.25, 0.3) is 0 Å². The number of rotatable bonds is 5. The Morgan fingerprint density at radius 3 is 2.29 bits per heavy atom. The molecule has 2 aromatic rings. The van der Waals surface area contributed by atoms with Gasteiger partial charge in [0, 0.05) is 51.7 Å². The molecule has 1 N–H and O–H groups in total. The minimum absolute atomic E-state index is 0.124. The number of hydrogen-bond acceptors (Lipinski definition) is 6. The third-order valence-corrected chi connectivity index (χ3v) is 5.62. The van der Waals surface area contributed by atoms with E-state index in [0.717, 1.165) is 38.1 Å². The molecule has 166 valence electrons. The maximum Gasteiger partial charge on any atom is 0.416 e. The molecular weight excluding hydrogens is 409 g/mol. The van der Waals surface area contributed by atoms with Gasteiger partial charge >= 0.3 is 6.18 Å². The maximum atomic E-state index is 13.2. The smallest absolute Gasteiger partial charge is 0.370 e. The summed E-state index contributed by atoms with van der Waals surface area (Å²) in [4.78, 5) is 27.2. The van der Waals surface area contributed by atoms with Crippen molar-refractivity contribution in [2.24, 2.45) is 0 Å². The Balaban J connectivity index is 1.40. The Labute approximate surface area is 178 Å². The summed E-state index contributed by atoms with van der Waals surface area (Å²) in [6.07, 6.45) is 0.900. The number of nitrogens with one attached hydrogen (secondary N) is 1. The number of carbonyl (C=O) groups is 1.